The summed E-state index contributed by atoms with van der Waals surface area (Å²) in [6, 6.07) is 0. The minimum atomic E-state index is 0.0597. The van der Waals surface area contributed by atoms with Crippen molar-refractivity contribution in [2.75, 3.05) is 0 Å². The molecule has 138 valence electrons. The Kier molecular flexibility index (Phi) is 3.40. The quantitative estimate of drug-likeness (QED) is 0.661. The van der Waals surface area contributed by atoms with Gasteiger partial charge in [0.25, 0.3) is 0 Å². The number of hydrogen-bond acceptors (Lipinski definition) is 2. The molecule has 0 radical (unpaired) electrons. The lowest BCUT2D eigenvalue weighted by Gasteiger charge is -2.55. The smallest absolute Gasteiger partial charge is 0.125 e. The summed E-state index contributed by atoms with van der Waals surface area (Å²) in [4.78, 5) is 0. The molecule has 26 heavy (non-hydrogen) atoms. The molecule has 0 heterocycles. The highest BCUT2D eigenvalue weighted by Gasteiger charge is 2.53. The SMILES string of the molecule is C(C#COC12CC3CC(CC(C3)C1)C2)#COC12CC3CC(CC(C3)C1)C2. The van der Waals surface area contributed by atoms with Crippen molar-refractivity contribution in [2.24, 2.45) is 35.5 Å². The van der Waals surface area contributed by atoms with E-state index in [1.807, 2.05) is 0 Å². The number of ether oxygens (including phenoxy) is 2. The third-order valence-electron chi connectivity index (χ3n) is 8.66. The van der Waals surface area contributed by atoms with Crippen LogP contribution >= 0.6 is 0 Å². The molecule has 8 rings (SSSR count). The van der Waals surface area contributed by atoms with E-state index in [1.165, 1.54) is 77.0 Å². The molecule has 0 aromatic carbocycles. The zero-order valence-electron chi connectivity index (χ0n) is 15.8. The highest BCUT2D eigenvalue weighted by molar-refractivity contribution is 5.23. The Bertz CT molecular complexity index is 579. The van der Waals surface area contributed by atoms with E-state index >= 15 is 0 Å². The fourth-order valence-electron chi connectivity index (χ4n) is 8.63. The van der Waals surface area contributed by atoms with Gasteiger partial charge in [0.1, 0.15) is 23.4 Å². The molecule has 0 aromatic heterocycles. The van der Waals surface area contributed by atoms with Crippen LogP contribution in [0.2, 0.25) is 0 Å². The van der Waals surface area contributed by atoms with Crippen molar-refractivity contribution < 1.29 is 9.47 Å². The lowest BCUT2D eigenvalue weighted by atomic mass is 9.54. The molecule has 8 bridgehead atoms. The average molecular weight is 351 g/mol. The molecule has 8 aliphatic rings. The second-order valence-corrected chi connectivity index (χ2v) is 10.9. The zero-order chi connectivity index (χ0) is 17.2. The molecule has 0 unspecified atom stereocenters. The molecule has 2 heteroatoms. The van der Waals surface area contributed by atoms with Crippen molar-refractivity contribution in [2.45, 2.75) is 88.3 Å². The summed E-state index contributed by atoms with van der Waals surface area (Å²) >= 11 is 0. The third kappa shape index (κ3) is 2.64. The van der Waals surface area contributed by atoms with E-state index in [0.717, 1.165) is 35.5 Å². The van der Waals surface area contributed by atoms with Crippen molar-refractivity contribution in [3.8, 4) is 24.1 Å². The second-order valence-electron chi connectivity index (χ2n) is 10.9. The fourth-order valence-corrected chi connectivity index (χ4v) is 8.63. The number of rotatable bonds is 2. The monoisotopic (exact) mass is 350 g/mol. The average Bonchev–Trinajstić information content (AvgIpc) is 2.55. The van der Waals surface area contributed by atoms with E-state index in [0.29, 0.717) is 0 Å². The van der Waals surface area contributed by atoms with E-state index in [1.54, 1.807) is 0 Å². The maximum atomic E-state index is 6.12. The van der Waals surface area contributed by atoms with Crippen LogP contribution in [0.25, 0.3) is 0 Å². The largest absolute Gasteiger partial charge is 0.439 e. The van der Waals surface area contributed by atoms with Gasteiger partial charge in [-0.15, -0.1) is 0 Å². The molecule has 8 aliphatic carbocycles. The van der Waals surface area contributed by atoms with Crippen LogP contribution in [0.4, 0.5) is 0 Å². The van der Waals surface area contributed by atoms with E-state index in [9.17, 15) is 0 Å². The second kappa shape index (κ2) is 5.61. The molecular formula is C24H30O2. The molecule has 0 N–H and O–H groups in total. The minimum absolute atomic E-state index is 0.0597. The van der Waals surface area contributed by atoms with Gasteiger partial charge in [0.05, 0.1) is 0 Å². The Balaban J connectivity index is 1.08. The first-order valence-corrected chi connectivity index (χ1v) is 11.0. The van der Waals surface area contributed by atoms with Gasteiger partial charge >= 0.3 is 0 Å². The van der Waals surface area contributed by atoms with Gasteiger partial charge in [0.15, 0.2) is 0 Å². The van der Waals surface area contributed by atoms with Gasteiger partial charge in [-0.25, -0.2) is 0 Å². The van der Waals surface area contributed by atoms with E-state index < -0.39 is 0 Å². The first-order valence-electron chi connectivity index (χ1n) is 11.0. The van der Waals surface area contributed by atoms with E-state index in [4.69, 9.17) is 9.47 Å². The summed E-state index contributed by atoms with van der Waals surface area (Å²) in [6.07, 6.45) is 21.9. The highest BCUT2D eigenvalue weighted by Crippen LogP contribution is 2.58. The summed E-state index contributed by atoms with van der Waals surface area (Å²) in [5.74, 6) is 11.3. The van der Waals surface area contributed by atoms with Crippen molar-refractivity contribution in [1.82, 2.24) is 0 Å². The fraction of sp³-hybridized carbons (Fsp3) is 0.833. The van der Waals surface area contributed by atoms with Crippen LogP contribution in [0.1, 0.15) is 77.0 Å². The summed E-state index contributed by atoms with van der Waals surface area (Å²) in [5, 5.41) is 0. The molecule has 8 saturated carbocycles. The van der Waals surface area contributed by atoms with Crippen LogP contribution in [0.15, 0.2) is 0 Å². The normalized spacial score (nSPS) is 52.0. The van der Waals surface area contributed by atoms with E-state index in [2.05, 4.69) is 24.1 Å². The zero-order valence-corrected chi connectivity index (χ0v) is 15.8. The van der Waals surface area contributed by atoms with Gasteiger partial charge < -0.3 is 9.47 Å². The molecule has 0 amide bonds. The van der Waals surface area contributed by atoms with Crippen molar-refractivity contribution >= 4 is 0 Å². The lowest BCUT2D eigenvalue weighted by Crippen LogP contribution is -2.51. The van der Waals surface area contributed by atoms with Crippen molar-refractivity contribution in [3.63, 3.8) is 0 Å². The molecule has 2 nitrogen and oxygen atoms in total. The molecule has 0 aliphatic heterocycles. The summed E-state index contributed by atoms with van der Waals surface area (Å²) in [6.45, 7) is 0. The maximum absolute atomic E-state index is 6.12. The van der Waals surface area contributed by atoms with Gasteiger partial charge in [-0.2, -0.15) is 0 Å². The summed E-state index contributed by atoms with van der Waals surface area (Å²) in [7, 11) is 0. The molecular weight excluding hydrogens is 320 g/mol. The topological polar surface area (TPSA) is 18.5 Å². The molecule has 0 saturated heterocycles. The van der Waals surface area contributed by atoms with Gasteiger partial charge in [-0.3, -0.25) is 0 Å². The van der Waals surface area contributed by atoms with Crippen molar-refractivity contribution in [1.29, 1.82) is 0 Å². The third-order valence-corrected chi connectivity index (χ3v) is 8.66. The molecule has 0 aromatic rings. The molecule has 8 fully saturated rings. The Labute approximate surface area is 157 Å². The molecule has 0 atom stereocenters. The van der Waals surface area contributed by atoms with Gasteiger partial charge in [-0.1, -0.05) is 0 Å². The first-order chi connectivity index (χ1) is 12.7. The van der Waals surface area contributed by atoms with Crippen LogP contribution < -0.4 is 0 Å². The van der Waals surface area contributed by atoms with Crippen LogP contribution in [-0.4, -0.2) is 11.2 Å². The van der Waals surface area contributed by atoms with Gasteiger partial charge in [-0.05, 0) is 113 Å². The summed E-state index contributed by atoms with van der Waals surface area (Å²) < 4.78 is 12.2. The predicted octanol–water partition coefficient (Wildman–Crippen LogP) is 4.88. The predicted molar refractivity (Wildman–Crippen MR) is 99.5 cm³/mol. The standard InChI is InChI=1S/C24H30O2/c1(3-25-23-11-17-5-18(12-23)7-19(6-17)13-23)2-4-26-24-14-20-8-21(15-24)10-22(9-20)16-24/h17-22H,5-16H2. The molecule has 0 spiro atoms. The van der Waals surface area contributed by atoms with Gasteiger partial charge in [0, 0.05) is 11.8 Å². The van der Waals surface area contributed by atoms with Crippen LogP contribution in [0.5, 0.6) is 0 Å². The number of hydrogen-bond donors (Lipinski definition) is 0. The first kappa shape index (κ1) is 15.7. The summed E-state index contributed by atoms with van der Waals surface area (Å²) in [5.41, 5.74) is 0.119. The minimum Gasteiger partial charge on any atom is -0.439 e. The van der Waals surface area contributed by atoms with Crippen LogP contribution in [-0.2, 0) is 9.47 Å². The Morgan fingerprint density at radius 1 is 0.462 bits per heavy atom. The Morgan fingerprint density at radius 3 is 1.00 bits per heavy atom. The Hall–Kier alpha value is -1.28. The lowest BCUT2D eigenvalue weighted by molar-refractivity contribution is -0.123. The van der Waals surface area contributed by atoms with E-state index in [-0.39, 0.29) is 11.2 Å². The van der Waals surface area contributed by atoms with Crippen LogP contribution in [0.3, 0.4) is 0 Å². The Morgan fingerprint density at radius 2 is 0.731 bits per heavy atom. The van der Waals surface area contributed by atoms with Crippen molar-refractivity contribution in [3.05, 3.63) is 0 Å². The maximum Gasteiger partial charge on any atom is 0.125 e. The van der Waals surface area contributed by atoms with Gasteiger partial charge in [0.2, 0.25) is 0 Å². The van der Waals surface area contributed by atoms with Crippen LogP contribution in [0, 0.1) is 59.6 Å². The highest BCUT2D eigenvalue weighted by atomic mass is 16.5.